The normalized spacial score (nSPS) is 14.0. The zero-order valence-electron chi connectivity index (χ0n) is 12.5. The molecule has 1 amide bonds. The predicted molar refractivity (Wildman–Crippen MR) is 84.1 cm³/mol. The summed E-state index contributed by atoms with van der Waals surface area (Å²) in [5.74, 6) is 0.450. The molecule has 1 saturated carbocycles. The smallest absolute Gasteiger partial charge is 0.230 e. The molecule has 0 atom stereocenters. The number of hydrogen-bond acceptors (Lipinski definition) is 2. The predicted octanol–water partition coefficient (Wildman–Crippen LogP) is 3.64. The van der Waals surface area contributed by atoms with Crippen LogP contribution in [-0.4, -0.2) is 10.9 Å². The molecule has 0 saturated heterocycles. The first-order valence-electron chi connectivity index (χ1n) is 7.42. The number of carbonyl (C=O) groups excluding carboxylic acids is 1. The Morgan fingerprint density at radius 3 is 2.52 bits per heavy atom. The van der Waals surface area contributed by atoms with Crippen LogP contribution in [0.25, 0.3) is 0 Å². The van der Waals surface area contributed by atoms with Gasteiger partial charge in [-0.05, 0) is 61.6 Å². The second kappa shape index (κ2) is 5.68. The number of pyridine rings is 1. The Morgan fingerprint density at radius 1 is 1.24 bits per heavy atom. The van der Waals surface area contributed by atoms with Crippen LogP contribution in [0.3, 0.4) is 0 Å². The number of amides is 1. The zero-order valence-corrected chi connectivity index (χ0v) is 12.5. The molecule has 0 radical (unpaired) electrons. The molecular weight excluding hydrogens is 260 g/mol. The topological polar surface area (TPSA) is 33.2 Å². The molecule has 3 rings (SSSR count). The molecule has 1 aromatic carbocycles. The fraction of sp³-hybridized carbons (Fsp3) is 0.333. The molecule has 3 heteroatoms. The van der Waals surface area contributed by atoms with Crippen LogP contribution in [0.5, 0.6) is 0 Å². The summed E-state index contributed by atoms with van der Waals surface area (Å²) >= 11 is 0. The molecule has 1 heterocycles. The van der Waals surface area contributed by atoms with E-state index in [9.17, 15) is 4.79 Å². The molecule has 0 unspecified atom stereocenters. The number of carbonyl (C=O) groups is 1. The minimum absolute atomic E-state index is 0.211. The summed E-state index contributed by atoms with van der Waals surface area (Å²) in [6, 6.07) is 10.2. The first kappa shape index (κ1) is 13.8. The lowest BCUT2D eigenvalue weighted by Gasteiger charge is -2.24. The van der Waals surface area contributed by atoms with Crippen LogP contribution in [0.4, 0.5) is 5.69 Å². The summed E-state index contributed by atoms with van der Waals surface area (Å²) < 4.78 is 0. The van der Waals surface area contributed by atoms with E-state index in [2.05, 4.69) is 37.0 Å². The highest BCUT2D eigenvalue weighted by molar-refractivity contribution is 5.96. The molecular formula is C18H20N2O. The van der Waals surface area contributed by atoms with E-state index in [1.807, 2.05) is 23.2 Å². The first-order valence-corrected chi connectivity index (χ1v) is 7.42. The van der Waals surface area contributed by atoms with Crippen molar-refractivity contribution >= 4 is 11.6 Å². The number of hydrogen-bond donors (Lipinski definition) is 0. The number of aryl methyl sites for hydroxylation is 2. The third-order valence-corrected chi connectivity index (χ3v) is 3.77. The molecule has 0 spiro atoms. The Balaban J connectivity index is 1.93. The lowest BCUT2D eigenvalue weighted by atomic mass is 10.1. The van der Waals surface area contributed by atoms with E-state index in [0.717, 1.165) is 24.1 Å². The summed E-state index contributed by atoms with van der Waals surface area (Å²) in [4.78, 5) is 18.7. The second-order valence-corrected chi connectivity index (χ2v) is 5.91. The lowest BCUT2D eigenvalue weighted by molar-refractivity contribution is -0.119. The fourth-order valence-electron chi connectivity index (χ4n) is 2.63. The van der Waals surface area contributed by atoms with Gasteiger partial charge in [-0.3, -0.25) is 9.78 Å². The molecule has 0 aliphatic heterocycles. The third kappa shape index (κ3) is 3.30. The van der Waals surface area contributed by atoms with Gasteiger partial charge >= 0.3 is 0 Å². The van der Waals surface area contributed by atoms with Gasteiger partial charge in [0.1, 0.15) is 0 Å². The van der Waals surface area contributed by atoms with E-state index in [4.69, 9.17) is 0 Å². The molecule has 1 aliphatic carbocycles. The van der Waals surface area contributed by atoms with Crippen molar-refractivity contribution in [1.82, 2.24) is 4.98 Å². The molecule has 0 bridgehead atoms. The molecule has 3 nitrogen and oxygen atoms in total. The van der Waals surface area contributed by atoms with Crippen LogP contribution < -0.4 is 4.90 Å². The molecule has 1 fully saturated rings. The van der Waals surface area contributed by atoms with Gasteiger partial charge in [0, 0.05) is 24.0 Å². The summed E-state index contributed by atoms with van der Waals surface area (Å²) in [5.41, 5.74) is 4.42. The summed E-state index contributed by atoms with van der Waals surface area (Å²) in [6.45, 7) is 4.73. The van der Waals surface area contributed by atoms with Crippen LogP contribution >= 0.6 is 0 Å². The van der Waals surface area contributed by atoms with Gasteiger partial charge < -0.3 is 4.90 Å². The number of benzene rings is 1. The van der Waals surface area contributed by atoms with Gasteiger partial charge in [-0.2, -0.15) is 0 Å². The van der Waals surface area contributed by atoms with Crippen LogP contribution in [-0.2, 0) is 11.3 Å². The van der Waals surface area contributed by atoms with Crippen LogP contribution in [0.2, 0.25) is 0 Å². The first-order chi connectivity index (χ1) is 10.1. The molecule has 2 aromatic rings. The summed E-state index contributed by atoms with van der Waals surface area (Å²) in [7, 11) is 0. The van der Waals surface area contributed by atoms with Gasteiger partial charge in [0.15, 0.2) is 0 Å². The van der Waals surface area contributed by atoms with Crippen LogP contribution in [0, 0.1) is 19.8 Å². The largest absolute Gasteiger partial charge is 0.308 e. The SMILES string of the molecule is Cc1cc(C)cc(N(Cc2cccnc2)C(=O)C2CC2)c1. The third-order valence-electron chi connectivity index (χ3n) is 3.77. The maximum absolute atomic E-state index is 12.6. The minimum atomic E-state index is 0.211. The number of aromatic nitrogens is 1. The lowest BCUT2D eigenvalue weighted by Crippen LogP contribution is -2.31. The summed E-state index contributed by atoms with van der Waals surface area (Å²) in [5, 5.41) is 0. The summed E-state index contributed by atoms with van der Waals surface area (Å²) in [6.07, 6.45) is 5.63. The van der Waals surface area contributed by atoms with Crippen molar-refractivity contribution in [2.45, 2.75) is 33.2 Å². The average Bonchev–Trinajstić information content (AvgIpc) is 3.28. The standard InChI is InChI=1S/C18H20N2O/c1-13-8-14(2)10-17(9-13)20(18(21)16-5-6-16)12-15-4-3-7-19-11-15/h3-4,7-11,16H,5-6,12H2,1-2H3. The highest BCUT2D eigenvalue weighted by Gasteiger charge is 2.34. The van der Waals surface area contributed by atoms with Gasteiger partial charge in [-0.25, -0.2) is 0 Å². The van der Waals surface area contributed by atoms with Crippen molar-refractivity contribution in [3.63, 3.8) is 0 Å². The van der Waals surface area contributed by atoms with Gasteiger partial charge in [-0.15, -0.1) is 0 Å². The van der Waals surface area contributed by atoms with E-state index in [1.165, 1.54) is 11.1 Å². The van der Waals surface area contributed by atoms with Crippen molar-refractivity contribution in [1.29, 1.82) is 0 Å². The average molecular weight is 280 g/mol. The second-order valence-electron chi connectivity index (χ2n) is 5.91. The Morgan fingerprint density at radius 2 is 1.95 bits per heavy atom. The quantitative estimate of drug-likeness (QED) is 0.856. The highest BCUT2D eigenvalue weighted by atomic mass is 16.2. The van der Waals surface area contributed by atoms with Crippen LogP contribution in [0.1, 0.15) is 29.5 Å². The van der Waals surface area contributed by atoms with Gasteiger partial charge in [0.05, 0.1) is 6.54 Å². The van der Waals surface area contributed by atoms with Crippen molar-refractivity contribution in [2.24, 2.45) is 5.92 Å². The number of anilines is 1. The Hall–Kier alpha value is -2.16. The van der Waals surface area contributed by atoms with Crippen molar-refractivity contribution in [3.05, 3.63) is 59.4 Å². The number of rotatable bonds is 4. The van der Waals surface area contributed by atoms with E-state index >= 15 is 0 Å². The van der Waals surface area contributed by atoms with E-state index in [-0.39, 0.29) is 11.8 Å². The van der Waals surface area contributed by atoms with E-state index in [0.29, 0.717) is 6.54 Å². The molecule has 1 aliphatic rings. The Labute approximate surface area is 125 Å². The van der Waals surface area contributed by atoms with Crippen molar-refractivity contribution in [3.8, 4) is 0 Å². The van der Waals surface area contributed by atoms with E-state index in [1.54, 1.807) is 6.20 Å². The monoisotopic (exact) mass is 280 g/mol. The van der Waals surface area contributed by atoms with Crippen LogP contribution in [0.15, 0.2) is 42.7 Å². The Bertz CT molecular complexity index is 627. The molecule has 1 aromatic heterocycles. The maximum Gasteiger partial charge on any atom is 0.230 e. The highest BCUT2D eigenvalue weighted by Crippen LogP contribution is 2.34. The molecule has 21 heavy (non-hydrogen) atoms. The van der Waals surface area contributed by atoms with Gasteiger partial charge in [0.25, 0.3) is 0 Å². The minimum Gasteiger partial charge on any atom is -0.308 e. The van der Waals surface area contributed by atoms with Gasteiger partial charge in [0.2, 0.25) is 5.91 Å². The molecule has 0 N–H and O–H groups in total. The zero-order chi connectivity index (χ0) is 14.8. The maximum atomic E-state index is 12.6. The van der Waals surface area contributed by atoms with E-state index < -0.39 is 0 Å². The fourth-order valence-corrected chi connectivity index (χ4v) is 2.63. The Kier molecular flexibility index (Phi) is 3.74. The van der Waals surface area contributed by atoms with Crippen molar-refractivity contribution in [2.75, 3.05) is 4.90 Å². The molecule has 108 valence electrons. The van der Waals surface area contributed by atoms with Gasteiger partial charge in [-0.1, -0.05) is 12.1 Å². The van der Waals surface area contributed by atoms with Crippen molar-refractivity contribution < 1.29 is 4.79 Å². The number of nitrogens with zero attached hydrogens (tertiary/aromatic N) is 2.